The van der Waals surface area contributed by atoms with E-state index in [4.69, 9.17) is 33.2 Å². The molecule has 246 valence electrons. The second-order valence-corrected chi connectivity index (χ2v) is 11.0. The van der Waals surface area contributed by atoms with Crippen molar-refractivity contribution in [3.8, 4) is 0 Å². The van der Waals surface area contributed by atoms with Gasteiger partial charge in [-0.05, 0) is 13.8 Å². The first kappa shape index (κ1) is 34.2. The summed E-state index contributed by atoms with van der Waals surface area (Å²) in [7, 11) is 0. The molecular formula is C24H42O18. The molecule has 0 aliphatic carbocycles. The molecular weight excluding hydrogens is 576 g/mol. The van der Waals surface area contributed by atoms with Crippen LogP contribution in [0.5, 0.6) is 0 Å². The van der Waals surface area contributed by atoms with E-state index in [0.29, 0.717) is 0 Å². The van der Waals surface area contributed by atoms with E-state index >= 15 is 0 Å². The highest BCUT2D eigenvalue weighted by Crippen LogP contribution is 2.34. The minimum atomic E-state index is -1.85. The standard InChI is InChI=1S/C24H42O18/c1-6-8(27)3-9(28)22(36-6)42-20-12(29)10(4-25)39-24(17(20)34)40-18-7(2)37-23(16(33)14(18)31)41-19-11(5-26)38-21(35)15(32)13(19)30/h6-35H,3-5H2,1-2H3/t6-,7+,8+,9+,10-,11-,12-,13-,14+,15-,16-,17+,18+,19+,20+,21+,22-,23-,24-/m1/s1. The highest BCUT2D eigenvalue weighted by molar-refractivity contribution is 4.96. The van der Waals surface area contributed by atoms with Crippen LogP contribution in [0.25, 0.3) is 0 Å². The molecule has 4 aliphatic rings. The maximum atomic E-state index is 11.0. The molecule has 4 heterocycles. The smallest absolute Gasteiger partial charge is 0.187 e. The fraction of sp³-hybridized carbons (Fsp3) is 1.00. The van der Waals surface area contributed by atoms with Crippen LogP contribution in [0.1, 0.15) is 20.3 Å². The topological polar surface area (TPSA) is 287 Å². The first-order valence-electron chi connectivity index (χ1n) is 13.7. The number of rotatable bonds is 8. The third-order valence-corrected chi connectivity index (χ3v) is 8.00. The Hall–Kier alpha value is -0.720. The molecule has 4 saturated heterocycles. The predicted molar refractivity (Wildman–Crippen MR) is 130 cm³/mol. The number of aliphatic hydroxyl groups is 11. The van der Waals surface area contributed by atoms with E-state index in [-0.39, 0.29) is 6.42 Å². The van der Waals surface area contributed by atoms with Gasteiger partial charge < -0.3 is 89.3 Å². The Bertz CT molecular complexity index is 852. The lowest BCUT2D eigenvalue weighted by atomic mass is 9.96. The van der Waals surface area contributed by atoms with E-state index in [1.165, 1.54) is 13.8 Å². The maximum Gasteiger partial charge on any atom is 0.187 e. The summed E-state index contributed by atoms with van der Waals surface area (Å²) in [5.41, 5.74) is 0. The number of aliphatic hydroxyl groups excluding tert-OH is 11. The SMILES string of the molecule is C[C@@H]1O[C@H](O[C@@H]2[C@H](O)[C@@H](O)[C@@H](O)O[C@@H]2CO)[C@H](O)[C@H](O)[C@H]1O[C@H]1O[C@H](CO)[C@@H](O)[C@H](O[C@H]2O[C@H](C)[C@@H](O)C[C@@H]2O)[C@@H]1O. The highest BCUT2D eigenvalue weighted by atomic mass is 16.8. The molecule has 0 aromatic heterocycles. The van der Waals surface area contributed by atoms with Crippen LogP contribution in [0.15, 0.2) is 0 Å². The lowest BCUT2D eigenvalue weighted by Gasteiger charge is -2.48. The number of hydrogen-bond donors (Lipinski definition) is 11. The summed E-state index contributed by atoms with van der Waals surface area (Å²) in [4.78, 5) is 0. The van der Waals surface area contributed by atoms with Crippen LogP contribution in [0.3, 0.4) is 0 Å². The van der Waals surface area contributed by atoms with Gasteiger partial charge in [0, 0.05) is 6.42 Å². The average Bonchev–Trinajstić information content (AvgIpc) is 2.95. The summed E-state index contributed by atoms with van der Waals surface area (Å²) in [5, 5.41) is 113. The molecule has 18 nitrogen and oxygen atoms in total. The van der Waals surface area contributed by atoms with Gasteiger partial charge in [0.1, 0.15) is 73.2 Å². The van der Waals surface area contributed by atoms with Crippen molar-refractivity contribution in [1.82, 2.24) is 0 Å². The summed E-state index contributed by atoms with van der Waals surface area (Å²) in [6.07, 6.45) is -28.4. The van der Waals surface area contributed by atoms with E-state index in [9.17, 15) is 56.2 Å². The van der Waals surface area contributed by atoms with Crippen LogP contribution in [-0.4, -0.2) is 186 Å². The molecule has 0 unspecified atom stereocenters. The van der Waals surface area contributed by atoms with Gasteiger partial charge in [-0.15, -0.1) is 0 Å². The molecule has 11 N–H and O–H groups in total. The minimum Gasteiger partial charge on any atom is -0.394 e. The Morgan fingerprint density at radius 3 is 1.69 bits per heavy atom. The van der Waals surface area contributed by atoms with Gasteiger partial charge in [-0.2, -0.15) is 0 Å². The Morgan fingerprint density at radius 1 is 0.500 bits per heavy atom. The zero-order valence-electron chi connectivity index (χ0n) is 22.9. The van der Waals surface area contributed by atoms with E-state index < -0.39 is 130 Å². The Morgan fingerprint density at radius 2 is 1.05 bits per heavy atom. The van der Waals surface area contributed by atoms with Crippen LogP contribution >= 0.6 is 0 Å². The van der Waals surface area contributed by atoms with Gasteiger partial charge in [0.25, 0.3) is 0 Å². The first-order valence-corrected chi connectivity index (χ1v) is 13.7. The molecule has 4 aliphatic heterocycles. The molecule has 19 atom stereocenters. The Labute approximate surface area is 240 Å². The Balaban J connectivity index is 1.43. The molecule has 42 heavy (non-hydrogen) atoms. The quantitative estimate of drug-likeness (QED) is 0.120. The third-order valence-electron chi connectivity index (χ3n) is 8.00. The van der Waals surface area contributed by atoms with Crippen LogP contribution in [0.2, 0.25) is 0 Å². The summed E-state index contributed by atoms with van der Waals surface area (Å²) in [6, 6.07) is 0. The fourth-order valence-corrected chi connectivity index (χ4v) is 5.40. The van der Waals surface area contributed by atoms with E-state index in [1.54, 1.807) is 0 Å². The minimum absolute atomic E-state index is 0.0998. The van der Waals surface area contributed by atoms with Gasteiger partial charge in [0.15, 0.2) is 25.2 Å². The summed E-state index contributed by atoms with van der Waals surface area (Å²) >= 11 is 0. The van der Waals surface area contributed by atoms with Gasteiger partial charge in [0.05, 0.1) is 31.5 Å². The van der Waals surface area contributed by atoms with Crippen molar-refractivity contribution in [2.45, 2.75) is 137 Å². The van der Waals surface area contributed by atoms with Gasteiger partial charge >= 0.3 is 0 Å². The highest BCUT2D eigenvalue weighted by Gasteiger charge is 2.53. The maximum absolute atomic E-state index is 11.0. The van der Waals surface area contributed by atoms with Crippen molar-refractivity contribution in [1.29, 1.82) is 0 Å². The molecule has 0 amide bonds. The molecule has 0 aromatic rings. The molecule has 0 spiro atoms. The van der Waals surface area contributed by atoms with Crippen LogP contribution in [-0.2, 0) is 33.2 Å². The van der Waals surface area contributed by atoms with Crippen molar-refractivity contribution < 1.29 is 89.3 Å². The number of ether oxygens (including phenoxy) is 7. The van der Waals surface area contributed by atoms with E-state index in [2.05, 4.69) is 0 Å². The third kappa shape index (κ3) is 6.91. The predicted octanol–water partition coefficient (Wildman–Crippen LogP) is -6.66. The lowest BCUT2D eigenvalue weighted by molar-refractivity contribution is -0.383. The fourth-order valence-electron chi connectivity index (χ4n) is 5.40. The monoisotopic (exact) mass is 618 g/mol. The van der Waals surface area contributed by atoms with Gasteiger partial charge in [-0.1, -0.05) is 0 Å². The molecule has 0 radical (unpaired) electrons. The molecule has 4 rings (SSSR count). The van der Waals surface area contributed by atoms with Crippen LogP contribution in [0, 0.1) is 0 Å². The first-order chi connectivity index (χ1) is 19.8. The average molecular weight is 619 g/mol. The van der Waals surface area contributed by atoms with Crippen LogP contribution < -0.4 is 0 Å². The van der Waals surface area contributed by atoms with Crippen molar-refractivity contribution in [2.24, 2.45) is 0 Å². The van der Waals surface area contributed by atoms with Gasteiger partial charge in [-0.25, -0.2) is 0 Å². The normalized spacial score (nSPS) is 54.1. The lowest BCUT2D eigenvalue weighted by Crippen LogP contribution is -2.66. The molecule has 18 heteroatoms. The zero-order chi connectivity index (χ0) is 31.0. The summed E-state index contributed by atoms with van der Waals surface area (Å²) < 4.78 is 38.5. The van der Waals surface area contributed by atoms with Gasteiger partial charge in [0.2, 0.25) is 0 Å². The summed E-state index contributed by atoms with van der Waals surface area (Å²) in [5.74, 6) is 0. The molecule has 4 fully saturated rings. The van der Waals surface area contributed by atoms with E-state index in [0.717, 1.165) is 0 Å². The van der Waals surface area contributed by atoms with Crippen molar-refractivity contribution >= 4 is 0 Å². The second-order valence-electron chi connectivity index (χ2n) is 11.0. The van der Waals surface area contributed by atoms with Crippen LogP contribution in [0.4, 0.5) is 0 Å². The molecule has 0 aromatic carbocycles. The largest absolute Gasteiger partial charge is 0.394 e. The van der Waals surface area contributed by atoms with Crippen molar-refractivity contribution in [3.05, 3.63) is 0 Å². The van der Waals surface area contributed by atoms with Crippen molar-refractivity contribution in [3.63, 3.8) is 0 Å². The van der Waals surface area contributed by atoms with Gasteiger partial charge in [-0.3, -0.25) is 0 Å². The molecule has 0 saturated carbocycles. The number of hydrogen-bond acceptors (Lipinski definition) is 18. The zero-order valence-corrected chi connectivity index (χ0v) is 22.9. The Kier molecular flexibility index (Phi) is 11.5. The van der Waals surface area contributed by atoms with Crippen molar-refractivity contribution in [2.75, 3.05) is 13.2 Å². The second kappa shape index (κ2) is 14.1. The molecule has 0 bridgehead atoms. The summed E-state index contributed by atoms with van der Waals surface area (Å²) in [6.45, 7) is 1.47. The van der Waals surface area contributed by atoms with E-state index in [1.807, 2.05) is 0 Å².